The van der Waals surface area contributed by atoms with E-state index in [0.29, 0.717) is 23.8 Å². The Labute approximate surface area is 146 Å². The Morgan fingerprint density at radius 1 is 1.43 bits per heavy atom. The number of benzene rings is 1. The number of aromatic nitrogens is 2. The molecule has 0 aliphatic carbocycles. The van der Waals surface area contributed by atoms with Gasteiger partial charge in [-0.05, 0) is 42.6 Å². The van der Waals surface area contributed by atoms with Crippen molar-refractivity contribution in [2.24, 2.45) is 11.1 Å². The van der Waals surface area contributed by atoms with E-state index in [2.05, 4.69) is 12.0 Å². The number of nitrogens with zero attached hydrogens (tertiary/aromatic N) is 3. The smallest absolute Gasteiger partial charge is 0.274 e. The van der Waals surface area contributed by atoms with E-state index in [1.165, 1.54) is 0 Å². The van der Waals surface area contributed by atoms with Gasteiger partial charge in [0.25, 0.3) is 5.91 Å². The molecule has 7 heteroatoms. The number of likely N-dealkylation sites (tertiary alicyclic amines) is 1. The van der Waals surface area contributed by atoms with E-state index in [4.69, 9.17) is 17.3 Å². The number of hydrogen-bond acceptors (Lipinski definition) is 3. The van der Waals surface area contributed by atoms with Gasteiger partial charge in [0.1, 0.15) is 0 Å². The Balaban J connectivity index is 0.00000192. The third-order valence-corrected chi connectivity index (χ3v) is 4.45. The van der Waals surface area contributed by atoms with E-state index in [1.807, 2.05) is 23.1 Å². The van der Waals surface area contributed by atoms with Gasteiger partial charge in [-0.3, -0.25) is 4.79 Å². The first-order chi connectivity index (χ1) is 10.5. The first-order valence-corrected chi connectivity index (χ1v) is 7.69. The van der Waals surface area contributed by atoms with E-state index >= 15 is 0 Å². The zero-order valence-corrected chi connectivity index (χ0v) is 14.5. The molecular weight excluding hydrogens is 335 g/mol. The van der Waals surface area contributed by atoms with Crippen molar-refractivity contribution >= 4 is 29.9 Å². The van der Waals surface area contributed by atoms with Crippen LogP contribution in [-0.2, 0) is 0 Å². The molecule has 5 nitrogen and oxygen atoms in total. The minimum Gasteiger partial charge on any atom is -0.337 e. The van der Waals surface area contributed by atoms with Crippen LogP contribution in [0, 0.1) is 5.41 Å². The molecule has 1 unspecified atom stereocenters. The van der Waals surface area contributed by atoms with Crippen molar-refractivity contribution in [1.29, 1.82) is 0 Å². The van der Waals surface area contributed by atoms with Gasteiger partial charge in [-0.25, -0.2) is 4.68 Å². The summed E-state index contributed by atoms with van der Waals surface area (Å²) in [6.07, 6.45) is 2.71. The molecule has 1 saturated heterocycles. The van der Waals surface area contributed by atoms with Gasteiger partial charge in [-0.15, -0.1) is 12.4 Å². The minimum absolute atomic E-state index is 0. The lowest BCUT2D eigenvalue weighted by molar-refractivity contribution is 0.0770. The van der Waals surface area contributed by atoms with Crippen molar-refractivity contribution in [2.75, 3.05) is 19.6 Å². The summed E-state index contributed by atoms with van der Waals surface area (Å²) < 4.78 is 1.66. The molecule has 0 spiro atoms. The molecule has 0 radical (unpaired) electrons. The Bertz CT molecular complexity index is 703. The maximum absolute atomic E-state index is 12.5. The van der Waals surface area contributed by atoms with Crippen molar-refractivity contribution in [2.45, 2.75) is 13.3 Å². The standard InChI is InChI=1S/C16H19ClN4O.ClH/c1-16(10-18)6-8-20(11-16)15(22)14-5-7-21(19-14)13-4-2-3-12(17)9-13;/h2-5,7,9H,6,8,10-11,18H2,1H3;1H. The molecule has 124 valence electrons. The third-order valence-electron chi connectivity index (χ3n) is 4.22. The molecule has 1 aliphatic rings. The van der Waals surface area contributed by atoms with Gasteiger partial charge in [-0.1, -0.05) is 24.6 Å². The van der Waals surface area contributed by atoms with Crippen molar-refractivity contribution in [1.82, 2.24) is 14.7 Å². The summed E-state index contributed by atoms with van der Waals surface area (Å²) >= 11 is 5.99. The molecule has 0 saturated carbocycles. The van der Waals surface area contributed by atoms with Gasteiger partial charge >= 0.3 is 0 Å². The maximum Gasteiger partial charge on any atom is 0.274 e. The first-order valence-electron chi connectivity index (χ1n) is 7.32. The van der Waals surface area contributed by atoms with Crippen LogP contribution in [0.2, 0.25) is 5.02 Å². The molecule has 1 aromatic heterocycles. The van der Waals surface area contributed by atoms with Gasteiger partial charge in [0, 0.05) is 24.3 Å². The largest absolute Gasteiger partial charge is 0.337 e. The second kappa shape index (κ2) is 6.91. The number of halogens is 2. The van der Waals surface area contributed by atoms with Crippen LogP contribution in [-0.4, -0.2) is 40.2 Å². The van der Waals surface area contributed by atoms with Crippen LogP contribution < -0.4 is 5.73 Å². The molecule has 2 heterocycles. The maximum atomic E-state index is 12.5. The molecule has 2 aromatic rings. The predicted octanol–water partition coefficient (Wildman–Crippen LogP) is 2.76. The average molecular weight is 355 g/mol. The molecule has 1 aromatic carbocycles. The predicted molar refractivity (Wildman–Crippen MR) is 93.5 cm³/mol. The summed E-state index contributed by atoms with van der Waals surface area (Å²) in [4.78, 5) is 14.4. The second-order valence-electron chi connectivity index (χ2n) is 6.12. The van der Waals surface area contributed by atoms with Crippen molar-refractivity contribution in [3.8, 4) is 5.69 Å². The highest BCUT2D eigenvalue weighted by Crippen LogP contribution is 2.29. The van der Waals surface area contributed by atoms with Gasteiger partial charge in [0.05, 0.1) is 5.69 Å². The topological polar surface area (TPSA) is 64.2 Å². The first kappa shape index (κ1) is 17.8. The number of hydrogen-bond donors (Lipinski definition) is 1. The highest BCUT2D eigenvalue weighted by atomic mass is 35.5. The van der Waals surface area contributed by atoms with E-state index in [1.54, 1.807) is 23.0 Å². The molecule has 1 amide bonds. The van der Waals surface area contributed by atoms with Gasteiger partial charge in [-0.2, -0.15) is 5.10 Å². The van der Waals surface area contributed by atoms with Crippen LogP contribution in [0.25, 0.3) is 5.69 Å². The molecule has 23 heavy (non-hydrogen) atoms. The molecule has 3 rings (SSSR count). The Hall–Kier alpha value is -1.56. The summed E-state index contributed by atoms with van der Waals surface area (Å²) in [5.41, 5.74) is 7.09. The summed E-state index contributed by atoms with van der Waals surface area (Å²) in [5, 5.41) is 5.01. The van der Waals surface area contributed by atoms with Crippen LogP contribution in [0.4, 0.5) is 0 Å². The van der Waals surface area contributed by atoms with Gasteiger partial charge in [0.2, 0.25) is 0 Å². The van der Waals surface area contributed by atoms with E-state index in [0.717, 1.165) is 18.7 Å². The van der Waals surface area contributed by atoms with Gasteiger partial charge < -0.3 is 10.6 Å². The summed E-state index contributed by atoms with van der Waals surface area (Å²) in [7, 11) is 0. The lowest BCUT2D eigenvalue weighted by Gasteiger charge is -2.22. The van der Waals surface area contributed by atoms with E-state index in [9.17, 15) is 4.79 Å². The van der Waals surface area contributed by atoms with E-state index < -0.39 is 0 Å². The Kier molecular flexibility index (Phi) is 5.34. The summed E-state index contributed by atoms with van der Waals surface area (Å²) in [5.74, 6) is -0.0436. The lowest BCUT2D eigenvalue weighted by atomic mass is 9.90. The number of carbonyl (C=O) groups excluding carboxylic acids is 1. The average Bonchev–Trinajstić information content (AvgIpc) is 3.14. The van der Waals surface area contributed by atoms with Crippen LogP contribution in [0.1, 0.15) is 23.8 Å². The van der Waals surface area contributed by atoms with Crippen LogP contribution in [0.3, 0.4) is 0 Å². The quantitative estimate of drug-likeness (QED) is 0.921. The van der Waals surface area contributed by atoms with E-state index in [-0.39, 0.29) is 23.7 Å². The highest BCUT2D eigenvalue weighted by Gasteiger charge is 2.35. The lowest BCUT2D eigenvalue weighted by Crippen LogP contribution is -2.34. The molecule has 1 aliphatic heterocycles. The van der Waals surface area contributed by atoms with Gasteiger partial charge in [0.15, 0.2) is 5.69 Å². The Morgan fingerprint density at radius 3 is 2.87 bits per heavy atom. The number of nitrogens with two attached hydrogens (primary N) is 1. The number of rotatable bonds is 3. The molecular formula is C16H20Cl2N4O. The fraction of sp³-hybridized carbons (Fsp3) is 0.375. The zero-order valence-electron chi connectivity index (χ0n) is 12.9. The molecule has 2 N–H and O–H groups in total. The second-order valence-corrected chi connectivity index (χ2v) is 6.55. The zero-order chi connectivity index (χ0) is 15.7. The fourth-order valence-corrected chi connectivity index (χ4v) is 2.91. The van der Waals surface area contributed by atoms with Crippen molar-refractivity contribution in [3.05, 3.63) is 47.2 Å². The normalized spacial score (nSPS) is 20.4. The highest BCUT2D eigenvalue weighted by molar-refractivity contribution is 6.30. The fourth-order valence-electron chi connectivity index (χ4n) is 2.73. The van der Waals surface area contributed by atoms with Crippen LogP contribution in [0.15, 0.2) is 36.5 Å². The summed E-state index contributed by atoms with van der Waals surface area (Å²) in [6, 6.07) is 9.10. The van der Waals surface area contributed by atoms with Crippen molar-refractivity contribution < 1.29 is 4.79 Å². The molecule has 0 bridgehead atoms. The molecule has 1 atom stereocenters. The van der Waals surface area contributed by atoms with Crippen LogP contribution in [0.5, 0.6) is 0 Å². The SMILES string of the molecule is CC1(CN)CCN(C(=O)c2ccn(-c3cccc(Cl)c3)n2)C1.Cl. The third kappa shape index (κ3) is 3.68. The molecule has 1 fully saturated rings. The minimum atomic E-state index is -0.0436. The Morgan fingerprint density at radius 2 is 2.22 bits per heavy atom. The summed E-state index contributed by atoms with van der Waals surface area (Å²) in [6.45, 7) is 4.13. The van der Waals surface area contributed by atoms with Crippen molar-refractivity contribution in [3.63, 3.8) is 0 Å². The number of amides is 1. The van der Waals surface area contributed by atoms with Crippen LogP contribution >= 0.6 is 24.0 Å². The number of carbonyl (C=O) groups is 1. The monoisotopic (exact) mass is 354 g/mol.